The fourth-order valence-corrected chi connectivity index (χ4v) is 2.78. The van der Waals surface area contributed by atoms with Gasteiger partial charge in [-0.25, -0.2) is 0 Å². The first-order valence-corrected chi connectivity index (χ1v) is 7.53. The van der Waals surface area contributed by atoms with Crippen molar-refractivity contribution < 1.29 is 9.84 Å². The normalized spacial score (nSPS) is 21.6. The molecule has 2 atom stereocenters. The molecule has 1 heterocycles. The van der Waals surface area contributed by atoms with E-state index in [2.05, 4.69) is 32.0 Å². The number of hydrogen-bond acceptors (Lipinski definition) is 2. The Bertz CT molecular complexity index is 381. The first-order chi connectivity index (χ1) is 9.15. The van der Waals surface area contributed by atoms with Crippen LogP contribution in [0.3, 0.4) is 0 Å². The third-order valence-corrected chi connectivity index (χ3v) is 3.74. The van der Waals surface area contributed by atoms with Gasteiger partial charge < -0.3 is 9.84 Å². The van der Waals surface area contributed by atoms with Crippen LogP contribution >= 0.6 is 0 Å². The van der Waals surface area contributed by atoms with Gasteiger partial charge in [-0.3, -0.25) is 0 Å². The Morgan fingerprint density at radius 3 is 2.84 bits per heavy atom. The summed E-state index contributed by atoms with van der Waals surface area (Å²) < 4.78 is 5.70. The average Bonchev–Trinajstić information content (AvgIpc) is 2.39. The second-order valence-electron chi connectivity index (χ2n) is 6.08. The summed E-state index contributed by atoms with van der Waals surface area (Å²) in [5.41, 5.74) is 2.35. The van der Waals surface area contributed by atoms with Crippen LogP contribution in [0.2, 0.25) is 0 Å². The minimum absolute atomic E-state index is 0.234. The second kappa shape index (κ2) is 7.06. The molecule has 1 N–H and O–H groups in total. The average molecular weight is 262 g/mol. The molecule has 106 valence electrons. The standard InChI is InChI=1S/C17H26O2/c1-13(2)10-14-6-5-7-15(11-14)17(18)12-16-8-3-4-9-19-16/h5-7,11,13,16-18H,3-4,8-10,12H2,1-2H3. The molecule has 0 spiro atoms. The van der Waals surface area contributed by atoms with Crippen molar-refractivity contribution in [1.29, 1.82) is 0 Å². The molecule has 0 amide bonds. The lowest BCUT2D eigenvalue weighted by molar-refractivity contribution is -0.0155. The summed E-state index contributed by atoms with van der Waals surface area (Å²) in [6.45, 7) is 5.29. The number of benzene rings is 1. The van der Waals surface area contributed by atoms with Crippen molar-refractivity contribution in [3.63, 3.8) is 0 Å². The molecule has 2 unspecified atom stereocenters. The first-order valence-electron chi connectivity index (χ1n) is 7.53. The van der Waals surface area contributed by atoms with Crippen LogP contribution < -0.4 is 0 Å². The van der Waals surface area contributed by atoms with E-state index >= 15 is 0 Å². The van der Waals surface area contributed by atoms with E-state index in [1.165, 1.54) is 12.0 Å². The van der Waals surface area contributed by atoms with Gasteiger partial charge in [-0.05, 0) is 42.7 Å². The molecule has 0 aromatic heterocycles. The maximum Gasteiger partial charge on any atom is 0.0814 e. The van der Waals surface area contributed by atoms with Crippen LogP contribution in [0.25, 0.3) is 0 Å². The van der Waals surface area contributed by atoms with Gasteiger partial charge in [0, 0.05) is 13.0 Å². The number of ether oxygens (including phenoxy) is 1. The zero-order chi connectivity index (χ0) is 13.7. The summed E-state index contributed by atoms with van der Waals surface area (Å²) in [6, 6.07) is 8.37. The fourth-order valence-electron chi connectivity index (χ4n) is 2.78. The van der Waals surface area contributed by atoms with Crippen LogP contribution in [0.4, 0.5) is 0 Å². The van der Waals surface area contributed by atoms with E-state index in [0.717, 1.165) is 37.9 Å². The topological polar surface area (TPSA) is 29.5 Å². The SMILES string of the molecule is CC(C)Cc1cccc(C(O)CC2CCCCO2)c1. The summed E-state index contributed by atoms with van der Waals surface area (Å²) in [7, 11) is 0. The van der Waals surface area contributed by atoms with E-state index in [0.29, 0.717) is 5.92 Å². The number of rotatable bonds is 5. The molecule has 1 aliphatic heterocycles. The third-order valence-electron chi connectivity index (χ3n) is 3.74. The summed E-state index contributed by atoms with van der Waals surface area (Å²) in [5.74, 6) is 0.647. The monoisotopic (exact) mass is 262 g/mol. The third kappa shape index (κ3) is 4.63. The summed E-state index contributed by atoms with van der Waals surface area (Å²) in [5, 5.41) is 10.4. The van der Waals surface area contributed by atoms with E-state index in [1.807, 2.05) is 6.07 Å². The van der Waals surface area contributed by atoms with Gasteiger partial charge in [0.1, 0.15) is 0 Å². The number of hydrogen-bond donors (Lipinski definition) is 1. The van der Waals surface area contributed by atoms with Crippen LogP contribution in [0.15, 0.2) is 24.3 Å². The Labute approximate surface area is 116 Å². The molecule has 1 aromatic rings. The first kappa shape index (κ1) is 14.5. The van der Waals surface area contributed by atoms with Gasteiger partial charge in [-0.2, -0.15) is 0 Å². The van der Waals surface area contributed by atoms with E-state index in [4.69, 9.17) is 4.74 Å². The zero-order valence-corrected chi connectivity index (χ0v) is 12.1. The van der Waals surface area contributed by atoms with Crippen molar-refractivity contribution in [1.82, 2.24) is 0 Å². The van der Waals surface area contributed by atoms with Crippen LogP contribution in [0.5, 0.6) is 0 Å². The van der Waals surface area contributed by atoms with Gasteiger partial charge in [0.2, 0.25) is 0 Å². The minimum Gasteiger partial charge on any atom is -0.388 e. The Balaban J connectivity index is 1.95. The predicted octanol–water partition coefficient (Wildman–Crippen LogP) is 3.88. The van der Waals surface area contributed by atoms with Gasteiger partial charge in [0.15, 0.2) is 0 Å². The van der Waals surface area contributed by atoms with Gasteiger partial charge >= 0.3 is 0 Å². The molecule has 1 fully saturated rings. The van der Waals surface area contributed by atoms with Crippen molar-refractivity contribution in [3.05, 3.63) is 35.4 Å². The van der Waals surface area contributed by atoms with Gasteiger partial charge in [0.25, 0.3) is 0 Å². The van der Waals surface area contributed by atoms with Crippen LogP contribution in [0.1, 0.15) is 56.8 Å². The molecule has 0 aliphatic carbocycles. The largest absolute Gasteiger partial charge is 0.388 e. The van der Waals surface area contributed by atoms with E-state index in [1.54, 1.807) is 0 Å². The van der Waals surface area contributed by atoms with Crippen molar-refractivity contribution in [2.45, 2.75) is 58.2 Å². The highest BCUT2D eigenvalue weighted by atomic mass is 16.5. The number of aliphatic hydroxyl groups excluding tert-OH is 1. The van der Waals surface area contributed by atoms with Gasteiger partial charge in [0.05, 0.1) is 12.2 Å². The Morgan fingerprint density at radius 2 is 2.16 bits per heavy atom. The van der Waals surface area contributed by atoms with E-state index < -0.39 is 6.10 Å². The van der Waals surface area contributed by atoms with Crippen LogP contribution in [0, 0.1) is 5.92 Å². The molecule has 2 heteroatoms. The van der Waals surface area contributed by atoms with E-state index in [9.17, 15) is 5.11 Å². The highest BCUT2D eigenvalue weighted by Gasteiger charge is 2.19. The maximum absolute atomic E-state index is 10.4. The zero-order valence-electron chi connectivity index (χ0n) is 12.1. The molecular formula is C17H26O2. The smallest absolute Gasteiger partial charge is 0.0814 e. The summed E-state index contributed by atoms with van der Waals surface area (Å²) in [6.07, 6.45) is 5.11. The lowest BCUT2D eigenvalue weighted by Crippen LogP contribution is -2.21. The molecule has 0 radical (unpaired) electrons. The summed E-state index contributed by atoms with van der Waals surface area (Å²) >= 11 is 0. The highest BCUT2D eigenvalue weighted by molar-refractivity contribution is 5.25. The molecule has 2 rings (SSSR count). The number of aliphatic hydroxyl groups is 1. The fraction of sp³-hybridized carbons (Fsp3) is 0.647. The Kier molecular flexibility index (Phi) is 5.41. The summed E-state index contributed by atoms with van der Waals surface area (Å²) in [4.78, 5) is 0. The van der Waals surface area contributed by atoms with Gasteiger partial charge in [-0.15, -0.1) is 0 Å². The van der Waals surface area contributed by atoms with Crippen LogP contribution in [-0.2, 0) is 11.2 Å². The second-order valence-corrected chi connectivity index (χ2v) is 6.08. The minimum atomic E-state index is -0.393. The van der Waals surface area contributed by atoms with Crippen molar-refractivity contribution >= 4 is 0 Å². The molecule has 1 aliphatic rings. The van der Waals surface area contributed by atoms with E-state index in [-0.39, 0.29) is 6.10 Å². The van der Waals surface area contributed by atoms with Crippen LogP contribution in [-0.4, -0.2) is 17.8 Å². The lowest BCUT2D eigenvalue weighted by atomic mass is 9.95. The molecule has 2 nitrogen and oxygen atoms in total. The molecule has 1 saturated heterocycles. The Hall–Kier alpha value is -0.860. The highest BCUT2D eigenvalue weighted by Crippen LogP contribution is 2.25. The molecule has 1 aromatic carbocycles. The van der Waals surface area contributed by atoms with Crippen molar-refractivity contribution in [2.75, 3.05) is 6.61 Å². The predicted molar refractivity (Wildman–Crippen MR) is 78.2 cm³/mol. The van der Waals surface area contributed by atoms with Crippen molar-refractivity contribution in [2.24, 2.45) is 5.92 Å². The van der Waals surface area contributed by atoms with Crippen molar-refractivity contribution in [3.8, 4) is 0 Å². The quantitative estimate of drug-likeness (QED) is 0.872. The maximum atomic E-state index is 10.4. The molecule has 19 heavy (non-hydrogen) atoms. The molecule has 0 bridgehead atoms. The van der Waals surface area contributed by atoms with Gasteiger partial charge in [-0.1, -0.05) is 38.1 Å². The molecular weight excluding hydrogens is 236 g/mol. The lowest BCUT2D eigenvalue weighted by Gasteiger charge is -2.25. The Morgan fingerprint density at radius 1 is 1.32 bits per heavy atom. The molecule has 0 saturated carbocycles.